The molecule has 0 radical (unpaired) electrons. The Morgan fingerprint density at radius 3 is 2.26 bits per heavy atom. The molecule has 0 aliphatic rings. The van der Waals surface area contributed by atoms with Gasteiger partial charge in [0.2, 0.25) is 0 Å². The van der Waals surface area contributed by atoms with Crippen molar-refractivity contribution in [2.45, 2.75) is 13.1 Å². The lowest BCUT2D eigenvalue weighted by molar-refractivity contribution is -0.137. The van der Waals surface area contributed by atoms with Crippen LogP contribution in [0.25, 0.3) is 0 Å². The van der Waals surface area contributed by atoms with Crippen molar-refractivity contribution in [3.8, 4) is 0 Å². The summed E-state index contributed by atoms with van der Waals surface area (Å²) in [4.78, 5) is 14.7. The molecule has 0 aliphatic carbocycles. The summed E-state index contributed by atoms with van der Waals surface area (Å²) in [5.41, 5.74) is 0.728. The third-order valence-corrected chi connectivity index (χ3v) is 2.67. The predicted molar refractivity (Wildman–Crippen MR) is 64.9 cm³/mol. The molecular formula is C13H11F3N2O. The maximum absolute atomic E-state index is 12.4. The average molecular weight is 268 g/mol. The summed E-state index contributed by atoms with van der Waals surface area (Å²) < 4.78 is 37.1. The molecule has 1 amide bonds. The number of alkyl halides is 3. The molecule has 6 heteroatoms. The molecular weight excluding hydrogens is 257 g/mol. The first kappa shape index (κ1) is 13.2. The normalized spacial score (nSPS) is 11.4. The fraction of sp³-hybridized carbons (Fsp3) is 0.154. The summed E-state index contributed by atoms with van der Waals surface area (Å²) >= 11 is 0. The molecule has 0 spiro atoms. The van der Waals surface area contributed by atoms with Gasteiger partial charge in [0.15, 0.2) is 0 Å². The number of amides is 1. The van der Waals surface area contributed by atoms with Crippen LogP contribution in [0.2, 0.25) is 0 Å². The molecule has 2 rings (SSSR count). The van der Waals surface area contributed by atoms with Gasteiger partial charge in [-0.3, -0.25) is 4.79 Å². The molecule has 2 N–H and O–H groups in total. The van der Waals surface area contributed by atoms with Crippen LogP contribution in [0.4, 0.5) is 18.9 Å². The second-order valence-electron chi connectivity index (χ2n) is 4.05. The van der Waals surface area contributed by atoms with E-state index in [0.717, 1.165) is 12.1 Å². The molecule has 2 aromatic rings. The van der Waals surface area contributed by atoms with E-state index in [1.54, 1.807) is 19.2 Å². The molecule has 0 unspecified atom stereocenters. The van der Waals surface area contributed by atoms with E-state index in [0.29, 0.717) is 16.9 Å². The smallest absolute Gasteiger partial charge is 0.365 e. The Kier molecular flexibility index (Phi) is 3.33. The predicted octanol–water partition coefficient (Wildman–Crippen LogP) is 3.59. The summed E-state index contributed by atoms with van der Waals surface area (Å²) in [5.74, 6) is -0.362. The minimum absolute atomic E-state index is 0.318. The summed E-state index contributed by atoms with van der Waals surface area (Å²) in [5, 5.41) is 2.54. The van der Waals surface area contributed by atoms with Gasteiger partial charge in [-0.1, -0.05) is 0 Å². The molecule has 0 fully saturated rings. The van der Waals surface area contributed by atoms with Crippen LogP contribution >= 0.6 is 0 Å². The van der Waals surface area contributed by atoms with E-state index in [1.165, 1.54) is 12.1 Å². The number of rotatable bonds is 2. The minimum atomic E-state index is -4.38. The number of H-pyrrole nitrogens is 1. The Balaban J connectivity index is 2.12. The Morgan fingerprint density at radius 1 is 1.16 bits per heavy atom. The van der Waals surface area contributed by atoms with Crippen molar-refractivity contribution in [1.29, 1.82) is 0 Å². The molecule has 0 atom stereocenters. The molecule has 19 heavy (non-hydrogen) atoms. The first-order valence-electron chi connectivity index (χ1n) is 5.50. The second kappa shape index (κ2) is 4.79. The van der Waals surface area contributed by atoms with E-state index >= 15 is 0 Å². The van der Waals surface area contributed by atoms with Crippen molar-refractivity contribution in [2.75, 3.05) is 5.32 Å². The highest BCUT2D eigenvalue weighted by molar-refractivity contribution is 6.05. The number of anilines is 1. The number of aromatic nitrogens is 1. The number of hydrogen-bond acceptors (Lipinski definition) is 1. The van der Waals surface area contributed by atoms with Gasteiger partial charge in [-0.2, -0.15) is 13.2 Å². The van der Waals surface area contributed by atoms with Crippen molar-refractivity contribution in [1.82, 2.24) is 4.98 Å². The van der Waals surface area contributed by atoms with E-state index in [9.17, 15) is 18.0 Å². The number of carbonyl (C=O) groups is 1. The van der Waals surface area contributed by atoms with Gasteiger partial charge < -0.3 is 10.3 Å². The SMILES string of the molecule is Cc1[nH]ccc1C(=O)Nc1ccc(C(F)(F)F)cc1. The highest BCUT2D eigenvalue weighted by Gasteiger charge is 2.30. The third-order valence-electron chi connectivity index (χ3n) is 2.67. The van der Waals surface area contributed by atoms with Gasteiger partial charge in [0.25, 0.3) is 5.91 Å². The second-order valence-corrected chi connectivity index (χ2v) is 4.05. The maximum atomic E-state index is 12.4. The third kappa shape index (κ3) is 2.96. The van der Waals surface area contributed by atoms with Crippen LogP contribution in [-0.4, -0.2) is 10.9 Å². The Labute approximate surface area is 107 Å². The molecule has 3 nitrogen and oxygen atoms in total. The first-order valence-corrected chi connectivity index (χ1v) is 5.50. The molecule has 1 aromatic carbocycles. The Morgan fingerprint density at radius 2 is 1.79 bits per heavy atom. The van der Waals surface area contributed by atoms with Crippen LogP contribution in [0, 0.1) is 6.92 Å². The lowest BCUT2D eigenvalue weighted by Gasteiger charge is -2.08. The zero-order valence-corrected chi connectivity index (χ0v) is 10.0. The van der Waals surface area contributed by atoms with E-state index in [2.05, 4.69) is 10.3 Å². The van der Waals surface area contributed by atoms with Crippen molar-refractivity contribution in [3.05, 3.63) is 53.3 Å². The highest BCUT2D eigenvalue weighted by Crippen LogP contribution is 2.29. The zero-order valence-electron chi connectivity index (χ0n) is 10.0. The van der Waals surface area contributed by atoms with Gasteiger partial charge in [-0.25, -0.2) is 0 Å². The molecule has 1 aromatic heterocycles. The monoisotopic (exact) mass is 268 g/mol. The van der Waals surface area contributed by atoms with Crippen LogP contribution in [-0.2, 0) is 6.18 Å². The standard InChI is InChI=1S/C13H11F3N2O/c1-8-11(6-7-17-8)12(19)18-10-4-2-9(3-5-10)13(14,15)16/h2-7,17H,1H3,(H,18,19). The number of aromatic amines is 1. The van der Waals surface area contributed by atoms with Crippen LogP contribution in [0.1, 0.15) is 21.6 Å². The lowest BCUT2D eigenvalue weighted by atomic mass is 10.2. The van der Waals surface area contributed by atoms with Crippen LogP contribution in [0.15, 0.2) is 36.5 Å². The van der Waals surface area contributed by atoms with Crippen LogP contribution in [0.3, 0.4) is 0 Å². The highest BCUT2D eigenvalue weighted by atomic mass is 19.4. The fourth-order valence-electron chi connectivity index (χ4n) is 1.64. The molecule has 0 aliphatic heterocycles. The van der Waals surface area contributed by atoms with Gasteiger partial charge in [-0.15, -0.1) is 0 Å². The van der Waals surface area contributed by atoms with E-state index in [4.69, 9.17) is 0 Å². The van der Waals surface area contributed by atoms with Crippen molar-refractivity contribution < 1.29 is 18.0 Å². The quantitative estimate of drug-likeness (QED) is 0.858. The van der Waals surface area contributed by atoms with Crippen LogP contribution in [0.5, 0.6) is 0 Å². The largest absolute Gasteiger partial charge is 0.416 e. The molecule has 0 bridgehead atoms. The number of aryl methyl sites for hydroxylation is 1. The fourth-order valence-corrected chi connectivity index (χ4v) is 1.64. The Bertz CT molecular complexity index is 585. The summed E-state index contributed by atoms with van der Waals surface area (Å²) in [6.07, 6.45) is -2.75. The van der Waals surface area contributed by atoms with Gasteiger partial charge in [0, 0.05) is 17.6 Å². The minimum Gasteiger partial charge on any atom is -0.365 e. The number of carbonyl (C=O) groups excluding carboxylic acids is 1. The van der Waals surface area contributed by atoms with Crippen molar-refractivity contribution in [3.63, 3.8) is 0 Å². The molecule has 0 saturated carbocycles. The van der Waals surface area contributed by atoms with Gasteiger partial charge >= 0.3 is 6.18 Å². The number of nitrogens with one attached hydrogen (secondary N) is 2. The summed E-state index contributed by atoms with van der Waals surface area (Å²) in [7, 11) is 0. The van der Waals surface area contributed by atoms with Gasteiger partial charge in [0.05, 0.1) is 11.1 Å². The number of halogens is 3. The summed E-state index contributed by atoms with van der Waals surface area (Å²) in [6, 6.07) is 5.92. The van der Waals surface area contributed by atoms with E-state index in [-0.39, 0.29) is 5.91 Å². The molecule has 1 heterocycles. The van der Waals surface area contributed by atoms with Crippen LogP contribution < -0.4 is 5.32 Å². The molecule has 100 valence electrons. The van der Waals surface area contributed by atoms with Gasteiger partial charge in [-0.05, 0) is 37.3 Å². The first-order chi connectivity index (χ1) is 8.88. The lowest BCUT2D eigenvalue weighted by Crippen LogP contribution is -2.12. The van der Waals surface area contributed by atoms with Crippen molar-refractivity contribution >= 4 is 11.6 Å². The molecule has 0 saturated heterocycles. The topological polar surface area (TPSA) is 44.9 Å². The number of benzene rings is 1. The maximum Gasteiger partial charge on any atom is 0.416 e. The van der Waals surface area contributed by atoms with E-state index < -0.39 is 11.7 Å². The van der Waals surface area contributed by atoms with E-state index in [1.807, 2.05) is 0 Å². The zero-order chi connectivity index (χ0) is 14.0. The van der Waals surface area contributed by atoms with Crippen molar-refractivity contribution in [2.24, 2.45) is 0 Å². The number of hydrogen-bond donors (Lipinski definition) is 2. The average Bonchev–Trinajstić information content (AvgIpc) is 2.75. The van der Waals surface area contributed by atoms with Gasteiger partial charge in [0.1, 0.15) is 0 Å². The summed E-state index contributed by atoms with van der Waals surface area (Å²) in [6.45, 7) is 1.74. The Hall–Kier alpha value is -2.24.